The molecule has 3 rings (SSSR count). The van der Waals surface area contributed by atoms with Crippen LogP contribution >= 0.6 is 11.3 Å². The number of thiophene rings is 1. The van der Waals surface area contributed by atoms with Crippen LogP contribution in [0.4, 0.5) is 0 Å². The second-order valence-corrected chi connectivity index (χ2v) is 5.32. The molecule has 0 spiro atoms. The maximum atomic E-state index is 12.5. The van der Waals surface area contributed by atoms with Gasteiger partial charge in [-0.15, -0.1) is 11.3 Å². The summed E-state index contributed by atoms with van der Waals surface area (Å²) in [6.45, 7) is 0. The van der Waals surface area contributed by atoms with Gasteiger partial charge in [0.15, 0.2) is 0 Å². The largest absolute Gasteiger partial charge is 0.465 e. The van der Waals surface area contributed by atoms with Crippen LogP contribution in [0.15, 0.2) is 42.6 Å². The molecule has 1 aromatic carbocycles. The molecule has 0 bridgehead atoms. The molecule has 0 saturated carbocycles. The molecular formula is C15H11NO3S. The Bertz CT molecular complexity index is 800. The number of ketones is 1. The highest BCUT2D eigenvalue weighted by atomic mass is 32.1. The first-order valence-electron chi connectivity index (χ1n) is 5.99. The lowest BCUT2D eigenvalue weighted by Gasteiger charge is -1.96. The van der Waals surface area contributed by atoms with Gasteiger partial charge in [-0.25, -0.2) is 4.79 Å². The Hall–Kier alpha value is -2.40. The van der Waals surface area contributed by atoms with Crippen molar-refractivity contribution in [3.63, 3.8) is 0 Å². The second-order valence-electron chi connectivity index (χ2n) is 4.23. The van der Waals surface area contributed by atoms with Crippen LogP contribution < -0.4 is 0 Å². The van der Waals surface area contributed by atoms with Crippen molar-refractivity contribution in [2.24, 2.45) is 0 Å². The van der Waals surface area contributed by atoms with Crippen molar-refractivity contribution >= 4 is 34.0 Å². The highest BCUT2D eigenvalue weighted by molar-refractivity contribution is 7.16. The maximum absolute atomic E-state index is 12.5. The molecule has 5 heteroatoms. The summed E-state index contributed by atoms with van der Waals surface area (Å²) in [5.41, 5.74) is 1.53. The number of carbonyl (C=O) groups excluding carboxylic acids is 2. The number of aromatic amines is 1. The number of ether oxygens (including phenoxy) is 1. The molecule has 0 aliphatic rings. The van der Waals surface area contributed by atoms with Crippen LogP contribution in [0.25, 0.3) is 10.9 Å². The number of hydrogen-bond donors (Lipinski definition) is 1. The third-order valence-corrected chi connectivity index (χ3v) is 4.11. The number of methoxy groups -OCH3 is 1. The van der Waals surface area contributed by atoms with Gasteiger partial charge in [-0.3, -0.25) is 4.79 Å². The number of carbonyl (C=O) groups is 2. The van der Waals surface area contributed by atoms with E-state index in [1.165, 1.54) is 7.11 Å². The molecule has 4 nitrogen and oxygen atoms in total. The van der Waals surface area contributed by atoms with Gasteiger partial charge in [0, 0.05) is 22.7 Å². The normalized spacial score (nSPS) is 10.7. The first kappa shape index (κ1) is 12.6. The summed E-state index contributed by atoms with van der Waals surface area (Å²) in [7, 11) is 1.32. The molecule has 0 radical (unpaired) electrons. The van der Waals surface area contributed by atoms with Crippen LogP contribution in [0.3, 0.4) is 0 Å². The lowest BCUT2D eigenvalue weighted by molar-refractivity contribution is 0.0606. The first-order chi connectivity index (χ1) is 9.70. The minimum Gasteiger partial charge on any atom is -0.465 e. The number of benzene rings is 1. The number of esters is 1. The minimum absolute atomic E-state index is 0.0948. The smallest absolute Gasteiger partial charge is 0.348 e. The lowest BCUT2D eigenvalue weighted by Crippen LogP contribution is -1.98. The Labute approximate surface area is 119 Å². The van der Waals surface area contributed by atoms with Crippen molar-refractivity contribution in [1.82, 2.24) is 4.98 Å². The lowest BCUT2D eigenvalue weighted by atomic mass is 10.1. The highest BCUT2D eigenvalue weighted by Crippen LogP contribution is 2.25. The Morgan fingerprint density at radius 1 is 1.10 bits per heavy atom. The molecule has 0 unspecified atom stereocenters. The summed E-state index contributed by atoms with van der Waals surface area (Å²) >= 11 is 1.14. The fourth-order valence-corrected chi connectivity index (χ4v) is 2.94. The van der Waals surface area contributed by atoms with Gasteiger partial charge in [-0.2, -0.15) is 0 Å². The molecule has 0 amide bonds. The van der Waals surface area contributed by atoms with Crippen molar-refractivity contribution in [2.75, 3.05) is 7.11 Å². The predicted octanol–water partition coefficient (Wildman–Crippen LogP) is 3.25. The topological polar surface area (TPSA) is 59.2 Å². The van der Waals surface area contributed by atoms with Crippen molar-refractivity contribution in [2.45, 2.75) is 0 Å². The van der Waals surface area contributed by atoms with E-state index in [2.05, 4.69) is 9.72 Å². The van der Waals surface area contributed by atoms with E-state index in [0.29, 0.717) is 15.3 Å². The van der Waals surface area contributed by atoms with Crippen molar-refractivity contribution < 1.29 is 14.3 Å². The number of aromatic nitrogens is 1. The molecule has 20 heavy (non-hydrogen) atoms. The number of para-hydroxylation sites is 1. The molecule has 0 saturated heterocycles. The van der Waals surface area contributed by atoms with Gasteiger partial charge in [0.2, 0.25) is 5.78 Å². The average Bonchev–Trinajstić information content (AvgIpc) is 3.12. The van der Waals surface area contributed by atoms with E-state index in [0.717, 1.165) is 22.2 Å². The summed E-state index contributed by atoms with van der Waals surface area (Å²) in [6.07, 6.45) is 1.70. The highest BCUT2D eigenvalue weighted by Gasteiger charge is 2.18. The van der Waals surface area contributed by atoms with Gasteiger partial charge >= 0.3 is 5.97 Å². The van der Waals surface area contributed by atoms with Gasteiger partial charge in [-0.1, -0.05) is 18.2 Å². The van der Waals surface area contributed by atoms with E-state index >= 15 is 0 Å². The molecule has 0 atom stereocenters. The van der Waals surface area contributed by atoms with Crippen LogP contribution in [-0.4, -0.2) is 23.8 Å². The van der Waals surface area contributed by atoms with Crippen LogP contribution in [0.1, 0.15) is 24.9 Å². The van der Waals surface area contributed by atoms with Gasteiger partial charge in [0.05, 0.1) is 12.0 Å². The summed E-state index contributed by atoms with van der Waals surface area (Å²) in [5, 5.41) is 0.880. The zero-order valence-corrected chi connectivity index (χ0v) is 11.5. The Morgan fingerprint density at radius 3 is 2.65 bits per heavy atom. The fraction of sp³-hybridized carbons (Fsp3) is 0.0667. The average molecular weight is 285 g/mol. The van der Waals surface area contributed by atoms with Crippen molar-refractivity contribution in [1.29, 1.82) is 0 Å². The zero-order valence-electron chi connectivity index (χ0n) is 10.7. The van der Waals surface area contributed by atoms with Crippen molar-refractivity contribution in [3.05, 3.63) is 57.9 Å². The van der Waals surface area contributed by atoms with Crippen LogP contribution in [0, 0.1) is 0 Å². The molecule has 0 aliphatic carbocycles. The number of fused-ring (bicyclic) bond motifs is 1. The SMILES string of the molecule is COC(=O)c1ccc(C(=O)c2c[nH]c3ccccc23)s1. The van der Waals surface area contributed by atoms with E-state index in [9.17, 15) is 9.59 Å². The summed E-state index contributed by atoms with van der Waals surface area (Å²) in [4.78, 5) is 27.9. The van der Waals surface area contributed by atoms with E-state index in [-0.39, 0.29) is 5.78 Å². The molecule has 0 fully saturated rings. The molecule has 100 valence electrons. The van der Waals surface area contributed by atoms with Crippen LogP contribution in [0.2, 0.25) is 0 Å². The number of H-pyrrole nitrogens is 1. The summed E-state index contributed by atoms with van der Waals surface area (Å²) in [5.74, 6) is -0.518. The van der Waals surface area contributed by atoms with Gasteiger partial charge in [-0.05, 0) is 18.2 Å². The Balaban J connectivity index is 2.00. The minimum atomic E-state index is -0.423. The van der Waals surface area contributed by atoms with Gasteiger partial charge in [0.25, 0.3) is 0 Å². The fourth-order valence-electron chi connectivity index (χ4n) is 2.06. The van der Waals surface area contributed by atoms with E-state index in [1.54, 1.807) is 18.3 Å². The molecular weight excluding hydrogens is 274 g/mol. The van der Waals surface area contributed by atoms with E-state index in [4.69, 9.17) is 0 Å². The molecule has 2 aromatic heterocycles. The maximum Gasteiger partial charge on any atom is 0.348 e. The number of rotatable bonds is 3. The van der Waals surface area contributed by atoms with E-state index < -0.39 is 5.97 Å². The third kappa shape index (κ3) is 2.02. The summed E-state index contributed by atoms with van der Waals surface area (Å²) in [6, 6.07) is 10.9. The van der Waals surface area contributed by atoms with Crippen LogP contribution in [0.5, 0.6) is 0 Å². The second kappa shape index (κ2) is 4.94. The summed E-state index contributed by atoms with van der Waals surface area (Å²) < 4.78 is 4.64. The third-order valence-electron chi connectivity index (χ3n) is 3.05. The number of hydrogen-bond acceptors (Lipinski definition) is 4. The Morgan fingerprint density at radius 2 is 1.85 bits per heavy atom. The first-order valence-corrected chi connectivity index (χ1v) is 6.81. The number of nitrogens with one attached hydrogen (secondary N) is 1. The zero-order chi connectivity index (χ0) is 14.1. The molecule has 1 N–H and O–H groups in total. The Kier molecular flexibility index (Phi) is 3.12. The quantitative estimate of drug-likeness (QED) is 0.593. The van der Waals surface area contributed by atoms with Gasteiger partial charge < -0.3 is 9.72 Å². The standard InChI is InChI=1S/C15H11NO3S/c1-19-15(18)13-7-6-12(20-13)14(17)10-8-16-11-5-3-2-4-9(10)11/h2-8,16H,1H3. The molecule has 2 heterocycles. The van der Waals surface area contributed by atoms with E-state index in [1.807, 2.05) is 24.3 Å². The molecule has 3 aromatic rings. The predicted molar refractivity (Wildman–Crippen MR) is 77.4 cm³/mol. The van der Waals surface area contributed by atoms with Crippen molar-refractivity contribution in [3.8, 4) is 0 Å². The van der Waals surface area contributed by atoms with Gasteiger partial charge in [0.1, 0.15) is 4.88 Å². The molecule has 0 aliphatic heterocycles. The monoisotopic (exact) mass is 285 g/mol. The van der Waals surface area contributed by atoms with Crippen LogP contribution in [-0.2, 0) is 4.74 Å².